The summed E-state index contributed by atoms with van der Waals surface area (Å²) in [6.07, 6.45) is 3.66. The second-order valence-electron chi connectivity index (χ2n) is 5.48. The van der Waals surface area contributed by atoms with E-state index in [1.807, 2.05) is 41.4 Å². The Morgan fingerprint density at radius 1 is 1.32 bits per heavy atom. The molecule has 2 heterocycles. The Morgan fingerprint density at radius 2 is 2.14 bits per heavy atom. The van der Waals surface area contributed by atoms with Gasteiger partial charge in [-0.1, -0.05) is 12.1 Å². The monoisotopic (exact) mass is 299 g/mol. The SMILES string of the molecule is COc1ccc(CCNC(=O)N2CCc3[nH]ccc3C2)cc1. The maximum Gasteiger partial charge on any atom is 0.317 e. The van der Waals surface area contributed by atoms with Crippen molar-refractivity contribution in [2.45, 2.75) is 19.4 Å². The zero-order valence-electron chi connectivity index (χ0n) is 12.8. The number of methoxy groups -OCH3 is 1. The van der Waals surface area contributed by atoms with Crippen molar-refractivity contribution >= 4 is 6.03 Å². The number of fused-ring (bicyclic) bond motifs is 1. The van der Waals surface area contributed by atoms with Gasteiger partial charge in [-0.2, -0.15) is 0 Å². The molecule has 1 aliphatic heterocycles. The van der Waals surface area contributed by atoms with Crippen molar-refractivity contribution in [3.8, 4) is 5.75 Å². The number of ether oxygens (including phenoxy) is 1. The van der Waals surface area contributed by atoms with Crippen LogP contribution in [0.5, 0.6) is 5.75 Å². The molecule has 0 unspecified atom stereocenters. The van der Waals surface area contributed by atoms with Crippen LogP contribution >= 0.6 is 0 Å². The summed E-state index contributed by atoms with van der Waals surface area (Å²) in [6, 6.07) is 9.99. The van der Waals surface area contributed by atoms with E-state index in [0.29, 0.717) is 13.1 Å². The molecule has 5 nitrogen and oxygen atoms in total. The lowest BCUT2D eigenvalue weighted by Gasteiger charge is -2.27. The van der Waals surface area contributed by atoms with E-state index in [0.717, 1.165) is 25.1 Å². The Labute approximate surface area is 130 Å². The third-order valence-corrected chi connectivity index (χ3v) is 4.06. The van der Waals surface area contributed by atoms with E-state index < -0.39 is 0 Å². The van der Waals surface area contributed by atoms with Gasteiger partial charge in [0.1, 0.15) is 5.75 Å². The van der Waals surface area contributed by atoms with E-state index in [1.165, 1.54) is 16.8 Å². The van der Waals surface area contributed by atoms with Gasteiger partial charge < -0.3 is 19.9 Å². The highest BCUT2D eigenvalue weighted by molar-refractivity contribution is 5.74. The quantitative estimate of drug-likeness (QED) is 0.910. The zero-order valence-corrected chi connectivity index (χ0v) is 12.8. The van der Waals surface area contributed by atoms with Gasteiger partial charge >= 0.3 is 6.03 Å². The van der Waals surface area contributed by atoms with Gasteiger partial charge in [-0.05, 0) is 35.7 Å². The number of amides is 2. The molecule has 0 saturated carbocycles. The van der Waals surface area contributed by atoms with Crippen LogP contribution < -0.4 is 10.1 Å². The van der Waals surface area contributed by atoms with E-state index in [-0.39, 0.29) is 6.03 Å². The minimum absolute atomic E-state index is 0.0142. The fraction of sp³-hybridized carbons (Fsp3) is 0.353. The molecule has 1 aromatic carbocycles. The number of benzene rings is 1. The number of carbonyl (C=O) groups excluding carboxylic acids is 1. The number of nitrogens with zero attached hydrogens (tertiary/aromatic N) is 1. The van der Waals surface area contributed by atoms with Gasteiger partial charge in [0, 0.05) is 37.9 Å². The number of nitrogens with one attached hydrogen (secondary N) is 2. The average Bonchev–Trinajstić information content (AvgIpc) is 3.03. The van der Waals surface area contributed by atoms with E-state index in [9.17, 15) is 4.79 Å². The van der Waals surface area contributed by atoms with Crippen LogP contribution in [0.15, 0.2) is 36.5 Å². The van der Waals surface area contributed by atoms with Crippen molar-refractivity contribution in [3.05, 3.63) is 53.3 Å². The summed E-state index contributed by atoms with van der Waals surface area (Å²) < 4.78 is 5.13. The van der Waals surface area contributed by atoms with Crippen LogP contribution in [-0.4, -0.2) is 36.1 Å². The van der Waals surface area contributed by atoms with Crippen molar-refractivity contribution < 1.29 is 9.53 Å². The lowest BCUT2D eigenvalue weighted by atomic mass is 10.1. The Hall–Kier alpha value is -2.43. The Kier molecular flexibility index (Phi) is 4.32. The third kappa shape index (κ3) is 3.24. The molecule has 2 N–H and O–H groups in total. The largest absolute Gasteiger partial charge is 0.497 e. The number of hydrogen-bond acceptors (Lipinski definition) is 2. The fourth-order valence-electron chi connectivity index (χ4n) is 2.74. The number of aromatic amines is 1. The van der Waals surface area contributed by atoms with Gasteiger partial charge in [-0.3, -0.25) is 0 Å². The summed E-state index contributed by atoms with van der Waals surface area (Å²) in [4.78, 5) is 17.3. The smallest absolute Gasteiger partial charge is 0.317 e. The van der Waals surface area contributed by atoms with Crippen LogP contribution in [0, 0.1) is 0 Å². The lowest BCUT2D eigenvalue weighted by Crippen LogP contribution is -2.43. The van der Waals surface area contributed by atoms with E-state index in [2.05, 4.69) is 10.3 Å². The van der Waals surface area contributed by atoms with Crippen molar-refractivity contribution in [1.82, 2.24) is 15.2 Å². The number of aromatic nitrogens is 1. The molecule has 2 aromatic rings. The van der Waals surface area contributed by atoms with Gasteiger partial charge in [-0.15, -0.1) is 0 Å². The van der Waals surface area contributed by atoms with Gasteiger partial charge in [0.25, 0.3) is 0 Å². The molecule has 0 atom stereocenters. The molecule has 5 heteroatoms. The predicted octanol–water partition coefficient (Wildman–Crippen LogP) is 2.33. The Bertz CT molecular complexity index is 634. The zero-order chi connectivity index (χ0) is 15.4. The van der Waals surface area contributed by atoms with Crippen molar-refractivity contribution in [1.29, 1.82) is 0 Å². The van der Waals surface area contributed by atoms with Crippen LogP contribution in [0.25, 0.3) is 0 Å². The maximum atomic E-state index is 12.2. The molecule has 2 amide bonds. The second-order valence-corrected chi connectivity index (χ2v) is 5.48. The molecular weight excluding hydrogens is 278 g/mol. The molecule has 22 heavy (non-hydrogen) atoms. The van der Waals surface area contributed by atoms with Crippen molar-refractivity contribution in [2.24, 2.45) is 0 Å². The number of carbonyl (C=O) groups is 1. The van der Waals surface area contributed by atoms with Crippen LogP contribution in [0.3, 0.4) is 0 Å². The summed E-state index contributed by atoms with van der Waals surface area (Å²) in [5, 5.41) is 3.00. The molecular formula is C17H21N3O2. The van der Waals surface area contributed by atoms with Crippen molar-refractivity contribution in [2.75, 3.05) is 20.2 Å². The first-order valence-electron chi connectivity index (χ1n) is 7.57. The summed E-state index contributed by atoms with van der Waals surface area (Å²) in [7, 11) is 1.66. The molecule has 0 radical (unpaired) electrons. The molecule has 0 spiro atoms. The molecule has 0 aliphatic carbocycles. The number of H-pyrrole nitrogens is 1. The van der Waals surface area contributed by atoms with Crippen LogP contribution in [-0.2, 0) is 19.4 Å². The van der Waals surface area contributed by atoms with Gasteiger partial charge in [-0.25, -0.2) is 4.79 Å². The van der Waals surface area contributed by atoms with E-state index >= 15 is 0 Å². The summed E-state index contributed by atoms with van der Waals surface area (Å²) in [5.41, 5.74) is 3.66. The Balaban J connectivity index is 1.46. The van der Waals surface area contributed by atoms with Crippen LogP contribution in [0.1, 0.15) is 16.8 Å². The van der Waals surface area contributed by atoms with Crippen molar-refractivity contribution in [3.63, 3.8) is 0 Å². The normalized spacial score (nSPS) is 13.6. The highest BCUT2D eigenvalue weighted by Crippen LogP contribution is 2.17. The fourth-order valence-corrected chi connectivity index (χ4v) is 2.74. The minimum atomic E-state index is 0.0142. The molecule has 0 bridgehead atoms. The average molecular weight is 299 g/mol. The second kappa shape index (κ2) is 6.56. The number of urea groups is 1. The highest BCUT2D eigenvalue weighted by Gasteiger charge is 2.20. The number of rotatable bonds is 4. The Morgan fingerprint density at radius 3 is 2.91 bits per heavy atom. The van der Waals surface area contributed by atoms with Crippen LogP contribution in [0.4, 0.5) is 4.79 Å². The predicted molar refractivity (Wildman–Crippen MR) is 85.0 cm³/mol. The molecule has 1 aromatic heterocycles. The van der Waals surface area contributed by atoms with Gasteiger partial charge in [0.15, 0.2) is 0 Å². The van der Waals surface area contributed by atoms with E-state index in [1.54, 1.807) is 7.11 Å². The maximum absolute atomic E-state index is 12.2. The summed E-state index contributed by atoms with van der Waals surface area (Å²) in [6.45, 7) is 2.09. The minimum Gasteiger partial charge on any atom is -0.497 e. The van der Waals surface area contributed by atoms with Crippen LogP contribution in [0.2, 0.25) is 0 Å². The number of hydrogen-bond donors (Lipinski definition) is 2. The molecule has 1 aliphatic rings. The van der Waals surface area contributed by atoms with Gasteiger partial charge in [0.2, 0.25) is 0 Å². The first-order valence-corrected chi connectivity index (χ1v) is 7.57. The van der Waals surface area contributed by atoms with E-state index in [4.69, 9.17) is 4.74 Å². The van der Waals surface area contributed by atoms with Gasteiger partial charge in [0.05, 0.1) is 7.11 Å². The summed E-state index contributed by atoms with van der Waals surface area (Å²) in [5.74, 6) is 0.850. The lowest BCUT2D eigenvalue weighted by molar-refractivity contribution is 0.192. The molecule has 0 saturated heterocycles. The third-order valence-electron chi connectivity index (χ3n) is 4.06. The molecule has 3 rings (SSSR count). The first-order chi connectivity index (χ1) is 10.8. The molecule has 116 valence electrons. The first kappa shape index (κ1) is 14.5. The topological polar surface area (TPSA) is 57.4 Å². The highest BCUT2D eigenvalue weighted by atomic mass is 16.5. The standard InChI is InChI=1S/C17H21N3O2/c1-22-15-4-2-13(3-5-15)6-9-19-17(21)20-11-8-16-14(12-20)7-10-18-16/h2-5,7,10,18H,6,8-9,11-12H2,1H3,(H,19,21). The summed E-state index contributed by atoms with van der Waals surface area (Å²) >= 11 is 0. The molecule has 0 fully saturated rings.